The third kappa shape index (κ3) is 3.14. The Bertz CT molecular complexity index is 731. The van der Waals surface area contributed by atoms with Crippen LogP contribution in [0.5, 0.6) is 0 Å². The van der Waals surface area contributed by atoms with Crippen LogP contribution in [0.1, 0.15) is 26.2 Å². The zero-order chi connectivity index (χ0) is 15.2. The van der Waals surface area contributed by atoms with Gasteiger partial charge in [0, 0.05) is 23.2 Å². The highest BCUT2D eigenvalue weighted by Gasteiger charge is 2.08. The first-order valence-electron chi connectivity index (χ1n) is 8.21. The van der Waals surface area contributed by atoms with Gasteiger partial charge in [0.2, 0.25) is 0 Å². The van der Waals surface area contributed by atoms with E-state index >= 15 is 0 Å². The van der Waals surface area contributed by atoms with Gasteiger partial charge in [0.05, 0.1) is 0 Å². The molecule has 0 aliphatic heterocycles. The van der Waals surface area contributed by atoms with Gasteiger partial charge in [-0.05, 0) is 17.4 Å². The second-order valence-electron chi connectivity index (χ2n) is 5.71. The number of fused-ring (bicyclic) bond motifs is 1. The average Bonchev–Trinajstić information content (AvgIpc) is 2.59. The van der Waals surface area contributed by atoms with Crippen molar-refractivity contribution in [2.45, 2.75) is 26.2 Å². The summed E-state index contributed by atoms with van der Waals surface area (Å²) in [4.78, 5) is 0. The van der Waals surface area contributed by atoms with Gasteiger partial charge in [-0.2, -0.15) is 0 Å². The van der Waals surface area contributed by atoms with Crippen molar-refractivity contribution >= 4 is 16.5 Å². The van der Waals surface area contributed by atoms with Gasteiger partial charge in [-0.3, -0.25) is 0 Å². The van der Waals surface area contributed by atoms with Crippen molar-refractivity contribution in [1.29, 1.82) is 0 Å². The molecule has 0 spiro atoms. The average molecular weight is 289 g/mol. The minimum Gasteiger partial charge on any atom is -0.384 e. The summed E-state index contributed by atoms with van der Waals surface area (Å²) >= 11 is 0. The van der Waals surface area contributed by atoms with Gasteiger partial charge in [-0.25, -0.2) is 0 Å². The number of anilines is 1. The summed E-state index contributed by atoms with van der Waals surface area (Å²) in [6.07, 6.45) is 3.75. The van der Waals surface area contributed by atoms with Crippen molar-refractivity contribution in [3.8, 4) is 11.1 Å². The lowest BCUT2D eigenvalue weighted by Gasteiger charge is -2.15. The normalized spacial score (nSPS) is 10.8. The molecule has 22 heavy (non-hydrogen) atoms. The highest BCUT2D eigenvalue weighted by molar-refractivity contribution is 6.01. The quantitative estimate of drug-likeness (QED) is 0.540. The monoisotopic (exact) mass is 289 g/mol. The summed E-state index contributed by atoms with van der Waals surface area (Å²) in [6.45, 7) is 3.27. The standard InChI is InChI=1S/C21H23N/c1-2-3-9-16-22-21-19-13-8-7-12-18(19)14-15-20(21)17-10-5-4-6-11-17/h4-8,10-15,22H,2-3,9,16H2,1H3. The van der Waals surface area contributed by atoms with E-state index in [-0.39, 0.29) is 0 Å². The van der Waals surface area contributed by atoms with Gasteiger partial charge in [0.1, 0.15) is 0 Å². The van der Waals surface area contributed by atoms with E-state index in [4.69, 9.17) is 0 Å². The lowest BCUT2D eigenvalue weighted by Crippen LogP contribution is -2.03. The van der Waals surface area contributed by atoms with E-state index in [1.165, 1.54) is 46.8 Å². The first kappa shape index (κ1) is 14.6. The van der Waals surface area contributed by atoms with E-state index < -0.39 is 0 Å². The Kier molecular flexibility index (Phi) is 4.75. The molecule has 112 valence electrons. The summed E-state index contributed by atoms with van der Waals surface area (Å²) < 4.78 is 0. The molecule has 0 bridgehead atoms. The lowest BCUT2D eigenvalue weighted by atomic mass is 9.98. The van der Waals surface area contributed by atoms with Crippen LogP contribution in [0.3, 0.4) is 0 Å². The van der Waals surface area contributed by atoms with E-state index in [0.717, 1.165) is 6.54 Å². The Morgan fingerprint density at radius 3 is 2.36 bits per heavy atom. The third-order valence-electron chi connectivity index (χ3n) is 4.10. The summed E-state index contributed by atoms with van der Waals surface area (Å²) in [5, 5.41) is 6.29. The number of unbranched alkanes of at least 4 members (excludes halogenated alkanes) is 2. The molecule has 0 atom stereocenters. The van der Waals surface area contributed by atoms with E-state index in [0.29, 0.717) is 0 Å². The molecule has 0 fully saturated rings. The van der Waals surface area contributed by atoms with Crippen molar-refractivity contribution in [2.75, 3.05) is 11.9 Å². The molecular weight excluding hydrogens is 266 g/mol. The third-order valence-corrected chi connectivity index (χ3v) is 4.10. The summed E-state index contributed by atoms with van der Waals surface area (Å²) in [5.74, 6) is 0. The van der Waals surface area contributed by atoms with E-state index in [1.807, 2.05) is 0 Å². The highest BCUT2D eigenvalue weighted by atomic mass is 14.9. The van der Waals surface area contributed by atoms with Crippen LogP contribution in [-0.4, -0.2) is 6.54 Å². The molecule has 1 N–H and O–H groups in total. The summed E-state index contributed by atoms with van der Waals surface area (Å²) in [6, 6.07) is 23.7. The smallest absolute Gasteiger partial charge is 0.0499 e. The fraction of sp³-hybridized carbons (Fsp3) is 0.238. The van der Waals surface area contributed by atoms with Crippen molar-refractivity contribution in [3.63, 3.8) is 0 Å². The predicted octanol–water partition coefficient (Wildman–Crippen LogP) is 6.11. The van der Waals surface area contributed by atoms with Crippen molar-refractivity contribution < 1.29 is 0 Å². The maximum Gasteiger partial charge on any atom is 0.0499 e. The SMILES string of the molecule is CCCCCNc1c(-c2ccccc2)ccc2ccccc12. The second kappa shape index (κ2) is 7.13. The van der Waals surface area contributed by atoms with E-state index in [9.17, 15) is 0 Å². The molecule has 0 heterocycles. The van der Waals surface area contributed by atoms with Crippen molar-refractivity contribution in [3.05, 3.63) is 66.7 Å². The maximum atomic E-state index is 3.69. The van der Waals surface area contributed by atoms with Gasteiger partial charge in [0.25, 0.3) is 0 Å². The van der Waals surface area contributed by atoms with Crippen LogP contribution in [0.2, 0.25) is 0 Å². The Balaban J connectivity index is 2.03. The molecule has 0 aromatic heterocycles. The first-order chi connectivity index (χ1) is 10.9. The summed E-state index contributed by atoms with van der Waals surface area (Å²) in [5.41, 5.74) is 3.82. The van der Waals surface area contributed by atoms with Crippen LogP contribution < -0.4 is 5.32 Å². The maximum absolute atomic E-state index is 3.69. The Morgan fingerprint density at radius 1 is 0.773 bits per heavy atom. The molecule has 3 aromatic carbocycles. The first-order valence-corrected chi connectivity index (χ1v) is 8.21. The Morgan fingerprint density at radius 2 is 1.55 bits per heavy atom. The fourth-order valence-electron chi connectivity index (χ4n) is 2.91. The van der Waals surface area contributed by atoms with Crippen LogP contribution in [0.25, 0.3) is 21.9 Å². The molecule has 3 rings (SSSR count). The Hall–Kier alpha value is -2.28. The number of hydrogen-bond acceptors (Lipinski definition) is 1. The van der Waals surface area contributed by atoms with Crippen molar-refractivity contribution in [1.82, 2.24) is 0 Å². The van der Waals surface area contributed by atoms with Crippen LogP contribution in [0, 0.1) is 0 Å². The molecule has 0 unspecified atom stereocenters. The lowest BCUT2D eigenvalue weighted by molar-refractivity contribution is 0.744. The van der Waals surface area contributed by atoms with Crippen LogP contribution in [0.4, 0.5) is 5.69 Å². The van der Waals surface area contributed by atoms with Crippen LogP contribution in [0.15, 0.2) is 66.7 Å². The summed E-state index contributed by atoms with van der Waals surface area (Å²) in [7, 11) is 0. The zero-order valence-electron chi connectivity index (χ0n) is 13.2. The number of benzene rings is 3. The molecule has 0 aliphatic rings. The second-order valence-corrected chi connectivity index (χ2v) is 5.71. The van der Waals surface area contributed by atoms with Gasteiger partial charge in [-0.15, -0.1) is 0 Å². The molecule has 0 radical (unpaired) electrons. The molecule has 1 nitrogen and oxygen atoms in total. The number of nitrogens with one attached hydrogen (secondary N) is 1. The van der Waals surface area contributed by atoms with Gasteiger partial charge in [-0.1, -0.05) is 86.5 Å². The molecule has 3 aromatic rings. The van der Waals surface area contributed by atoms with Gasteiger partial charge < -0.3 is 5.32 Å². The molecular formula is C21H23N. The van der Waals surface area contributed by atoms with Gasteiger partial charge in [0.15, 0.2) is 0 Å². The van der Waals surface area contributed by atoms with Crippen LogP contribution >= 0.6 is 0 Å². The van der Waals surface area contributed by atoms with E-state index in [1.54, 1.807) is 0 Å². The highest BCUT2D eigenvalue weighted by Crippen LogP contribution is 2.34. The molecule has 0 aliphatic carbocycles. The largest absolute Gasteiger partial charge is 0.384 e. The number of hydrogen-bond donors (Lipinski definition) is 1. The fourth-order valence-corrected chi connectivity index (χ4v) is 2.91. The Labute approximate surface area is 133 Å². The van der Waals surface area contributed by atoms with E-state index in [2.05, 4.69) is 79.0 Å². The molecule has 0 amide bonds. The molecule has 0 saturated heterocycles. The van der Waals surface area contributed by atoms with Crippen LogP contribution in [-0.2, 0) is 0 Å². The topological polar surface area (TPSA) is 12.0 Å². The predicted molar refractivity (Wildman–Crippen MR) is 97.4 cm³/mol. The zero-order valence-corrected chi connectivity index (χ0v) is 13.2. The van der Waals surface area contributed by atoms with Gasteiger partial charge >= 0.3 is 0 Å². The number of rotatable bonds is 6. The molecule has 1 heteroatoms. The van der Waals surface area contributed by atoms with Crippen molar-refractivity contribution in [2.24, 2.45) is 0 Å². The molecule has 0 saturated carbocycles. The minimum atomic E-state index is 1.03. The minimum absolute atomic E-state index is 1.03.